The number of anilines is 1. The molecule has 0 spiro atoms. The smallest absolute Gasteiger partial charge is 0.231 e. The van der Waals surface area contributed by atoms with E-state index >= 15 is 0 Å². The van der Waals surface area contributed by atoms with E-state index in [0.29, 0.717) is 0 Å². The number of ether oxygens (including phenoxy) is 2. The van der Waals surface area contributed by atoms with Crippen LogP contribution in [0.5, 0.6) is 11.5 Å². The maximum absolute atomic E-state index is 5.66. The van der Waals surface area contributed by atoms with Crippen molar-refractivity contribution in [1.82, 2.24) is 9.97 Å². The molecule has 0 saturated carbocycles. The number of rotatable bonds is 7. The summed E-state index contributed by atoms with van der Waals surface area (Å²) in [6.07, 6.45) is 2.14. The molecule has 0 radical (unpaired) electrons. The molecule has 3 aromatic rings. The predicted molar refractivity (Wildman–Crippen MR) is 126 cm³/mol. The Hall–Kier alpha value is -3.08. The molecule has 0 atom stereocenters. The summed E-state index contributed by atoms with van der Waals surface area (Å²) < 4.78 is 11.2. The Kier molecular flexibility index (Phi) is 6.12. The van der Waals surface area contributed by atoms with Crippen LogP contribution in [0.25, 0.3) is 22.6 Å². The summed E-state index contributed by atoms with van der Waals surface area (Å²) in [5.41, 5.74) is 7.56. The lowest BCUT2D eigenvalue weighted by Gasteiger charge is -2.28. The van der Waals surface area contributed by atoms with Gasteiger partial charge in [0.25, 0.3) is 0 Å². The average Bonchev–Trinajstić information content (AvgIpc) is 3.21. The van der Waals surface area contributed by atoms with Gasteiger partial charge in [0, 0.05) is 24.2 Å². The summed E-state index contributed by atoms with van der Waals surface area (Å²) in [7, 11) is 0. The minimum atomic E-state index is 0.264. The Bertz CT molecular complexity index is 1070. The van der Waals surface area contributed by atoms with E-state index in [9.17, 15) is 0 Å². The Morgan fingerprint density at radius 1 is 0.871 bits per heavy atom. The molecule has 0 saturated heterocycles. The van der Waals surface area contributed by atoms with Gasteiger partial charge in [-0.25, -0.2) is 9.97 Å². The first-order valence-electron chi connectivity index (χ1n) is 11.1. The largest absolute Gasteiger partial charge is 0.454 e. The van der Waals surface area contributed by atoms with Crippen LogP contribution < -0.4 is 14.4 Å². The summed E-state index contributed by atoms with van der Waals surface area (Å²) >= 11 is 0. The normalized spacial score (nSPS) is 12.3. The number of hydrogen-bond acceptors (Lipinski definition) is 5. The van der Waals surface area contributed by atoms with Crippen LogP contribution in [0.2, 0.25) is 0 Å². The van der Waals surface area contributed by atoms with Gasteiger partial charge in [-0.15, -0.1) is 0 Å². The van der Waals surface area contributed by atoms with E-state index in [2.05, 4.69) is 63.8 Å². The number of benzene rings is 2. The second-order valence-corrected chi connectivity index (χ2v) is 8.15. The molecule has 0 amide bonds. The van der Waals surface area contributed by atoms with Gasteiger partial charge in [0.2, 0.25) is 6.79 Å². The lowest BCUT2D eigenvalue weighted by molar-refractivity contribution is 0.174. The van der Waals surface area contributed by atoms with Crippen molar-refractivity contribution in [2.75, 3.05) is 24.8 Å². The first-order valence-corrected chi connectivity index (χ1v) is 11.1. The molecule has 0 aliphatic carbocycles. The number of aryl methyl sites for hydroxylation is 3. The maximum Gasteiger partial charge on any atom is 0.231 e. The molecule has 0 fully saturated rings. The molecule has 5 heteroatoms. The molecule has 2 aromatic carbocycles. The lowest BCUT2D eigenvalue weighted by Crippen LogP contribution is -2.27. The summed E-state index contributed by atoms with van der Waals surface area (Å²) in [5, 5.41) is 0. The molecule has 0 unspecified atom stereocenters. The molecule has 1 aliphatic heterocycles. The highest BCUT2D eigenvalue weighted by Gasteiger charge is 2.22. The minimum absolute atomic E-state index is 0.264. The van der Waals surface area contributed by atoms with Crippen molar-refractivity contribution in [2.45, 2.75) is 47.5 Å². The molecule has 4 rings (SSSR count). The summed E-state index contributed by atoms with van der Waals surface area (Å²) in [5.74, 6) is 2.33. The van der Waals surface area contributed by atoms with E-state index in [1.165, 1.54) is 11.1 Å². The first kappa shape index (κ1) is 21.2. The number of nitrogens with zero attached hydrogens (tertiary/aromatic N) is 3. The van der Waals surface area contributed by atoms with E-state index in [1.54, 1.807) is 0 Å². The van der Waals surface area contributed by atoms with Gasteiger partial charge >= 0.3 is 0 Å². The monoisotopic (exact) mass is 417 g/mol. The molecule has 31 heavy (non-hydrogen) atoms. The van der Waals surface area contributed by atoms with Crippen molar-refractivity contribution in [1.29, 1.82) is 0 Å². The molecule has 1 aliphatic rings. The van der Waals surface area contributed by atoms with E-state index in [-0.39, 0.29) is 6.79 Å². The zero-order valence-corrected chi connectivity index (χ0v) is 19.2. The third-order valence-electron chi connectivity index (χ3n) is 5.71. The van der Waals surface area contributed by atoms with Gasteiger partial charge in [0.15, 0.2) is 17.3 Å². The number of aromatic nitrogens is 2. The highest BCUT2D eigenvalue weighted by molar-refractivity contribution is 5.81. The molecule has 5 nitrogen and oxygen atoms in total. The van der Waals surface area contributed by atoms with Crippen molar-refractivity contribution in [2.24, 2.45) is 0 Å². The minimum Gasteiger partial charge on any atom is -0.454 e. The zero-order valence-electron chi connectivity index (χ0n) is 19.2. The standard InChI is InChI=1S/C26H31N3O2/c1-6-13-29(14-7-2)25-19(5)27-26(23-17(3)9-8-10-18(23)4)28-24(25)20-11-12-21-22(15-20)31-16-30-21/h8-12,15H,6-7,13-14,16H2,1-5H3. The Balaban J connectivity index is 1.95. The Morgan fingerprint density at radius 3 is 2.23 bits per heavy atom. The third-order valence-corrected chi connectivity index (χ3v) is 5.71. The fraction of sp³-hybridized carbons (Fsp3) is 0.385. The molecule has 1 aromatic heterocycles. The van der Waals surface area contributed by atoms with E-state index < -0.39 is 0 Å². The summed E-state index contributed by atoms with van der Waals surface area (Å²) in [4.78, 5) is 12.6. The van der Waals surface area contributed by atoms with E-state index in [0.717, 1.165) is 71.5 Å². The van der Waals surface area contributed by atoms with E-state index in [4.69, 9.17) is 19.4 Å². The fourth-order valence-electron chi connectivity index (χ4n) is 4.34. The zero-order chi connectivity index (χ0) is 22.0. The van der Waals surface area contributed by atoms with Crippen LogP contribution in [-0.2, 0) is 0 Å². The molecular weight excluding hydrogens is 386 g/mol. The topological polar surface area (TPSA) is 47.5 Å². The molecule has 0 N–H and O–H groups in total. The van der Waals surface area contributed by atoms with Crippen LogP contribution >= 0.6 is 0 Å². The number of fused-ring (bicyclic) bond motifs is 1. The van der Waals surface area contributed by atoms with Gasteiger partial charge in [-0.3, -0.25) is 0 Å². The van der Waals surface area contributed by atoms with Gasteiger partial charge in [0.05, 0.1) is 17.1 Å². The third kappa shape index (κ3) is 4.09. The van der Waals surface area contributed by atoms with Crippen LogP contribution in [0.1, 0.15) is 43.5 Å². The van der Waals surface area contributed by atoms with E-state index in [1.807, 2.05) is 12.1 Å². The summed E-state index contributed by atoms with van der Waals surface area (Å²) in [6, 6.07) is 12.4. The average molecular weight is 418 g/mol. The molecule has 2 heterocycles. The summed E-state index contributed by atoms with van der Waals surface area (Å²) in [6.45, 7) is 13.0. The SMILES string of the molecule is CCCN(CCC)c1c(C)nc(-c2c(C)cccc2C)nc1-c1ccc2c(c1)OCO2. The highest BCUT2D eigenvalue weighted by Crippen LogP contribution is 2.40. The van der Waals surface area contributed by atoms with Gasteiger partial charge in [0.1, 0.15) is 0 Å². The van der Waals surface area contributed by atoms with Crippen LogP contribution in [0, 0.1) is 20.8 Å². The van der Waals surface area contributed by atoms with Crippen molar-refractivity contribution >= 4 is 5.69 Å². The fourth-order valence-corrected chi connectivity index (χ4v) is 4.34. The van der Waals surface area contributed by atoms with Crippen molar-refractivity contribution in [3.63, 3.8) is 0 Å². The van der Waals surface area contributed by atoms with Crippen LogP contribution in [0.4, 0.5) is 5.69 Å². The van der Waals surface area contributed by atoms with Crippen molar-refractivity contribution < 1.29 is 9.47 Å². The Labute approximate surface area is 185 Å². The number of hydrogen-bond donors (Lipinski definition) is 0. The molecular formula is C26H31N3O2. The Morgan fingerprint density at radius 2 is 1.55 bits per heavy atom. The molecule has 0 bridgehead atoms. The second kappa shape index (κ2) is 8.96. The highest BCUT2D eigenvalue weighted by atomic mass is 16.7. The van der Waals surface area contributed by atoms with Crippen LogP contribution in [0.15, 0.2) is 36.4 Å². The van der Waals surface area contributed by atoms with Gasteiger partial charge in [-0.05, 0) is 62.9 Å². The predicted octanol–water partition coefficient (Wildman–Crippen LogP) is 6.09. The van der Waals surface area contributed by atoms with Crippen molar-refractivity contribution in [3.05, 3.63) is 53.2 Å². The van der Waals surface area contributed by atoms with Crippen molar-refractivity contribution in [3.8, 4) is 34.1 Å². The molecule has 162 valence electrons. The van der Waals surface area contributed by atoms with Gasteiger partial charge in [-0.2, -0.15) is 0 Å². The lowest BCUT2D eigenvalue weighted by atomic mass is 10.0. The maximum atomic E-state index is 5.66. The quantitative estimate of drug-likeness (QED) is 0.465. The first-order chi connectivity index (χ1) is 15.0. The van der Waals surface area contributed by atoms with Gasteiger partial charge < -0.3 is 14.4 Å². The van der Waals surface area contributed by atoms with Gasteiger partial charge in [-0.1, -0.05) is 32.0 Å². The van der Waals surface area contributed by atoms with Crippen LogP contribution in [0.3, 0.4) is 0 Å². The van der Waals surface area contributed by atoms with Crippen LogP contribution in [-0.4, -0.2) is 29.9 Å². The second-order valence-electron chi connectivity index (χ2n) is 8.15.